The standard InChI is InChI=1S/C35H40F4O/c1-3-7-24-10-12-25(13-11-24)8-5-6-9-27-16-14-26(22-31(27)36)15-17-28-18-20-30(35(39)34(28)38)29-19-21-33(40-4-2)32(37)23-29/h5,8,14,16,18-25H,3-4,6-7,9-13,15,17H2,1-2H3/b8-5+. The molecule has 40 heavy (non-hydrogen) atoms. The highest BCUT2D eigenvalue weighted by molar-refractivity contribution is 5.65. The highest BCUT2D eigenvalue weighted by Crippen LogP contribution is 2.33. The van der Waals surface area contributed by atoms with Crippen LogP contribution >= 0.6 is 0 Å². The summed E-state index contributed by atoms with van der Waals surface area (Å²) in [4.78, 5) is 0. The van der Waals surface area contributed by atoms with Crippen molar-refractivity contribution in [2.75, 3.05) is 6.61 Å². The number of aryl methyl sites for hydroxylation is 3. The van der Waals surface area contributed by atoms with Gasteiger partial charge in [0.05, 0.1) is 6.61 Å². The lowest BCUT2D eigenvalue weighted by atomic mass is 9.80. The summed E-state index contributed by atoms with van der Waals surface area (Å²) in [6.07, 6.45) is 14.3. The van der Waals surface area contributed by atoms with Gasteiger partial charge in [-0.2, -0.15) is 0 Å². The summed E-state index contributed by atoms with van der Waals surface area (Å²) in [7, 11) is 0. The van der Waals surface area contributed by atoms with Gasteiger partial charge in [-0.3, -0.25) is 0 Å². The van der Waals surface area contributed by atoms with Gasteiger partial charge in [-0.15, -0.1) is 0 Å². The number of rotatable bonds is 12. The molecule has 1 nitrogen and oxygen atoms in total. The summed E-state index contributed by atoms with van der Waals surface area (Å²) in [5.41, 5.74) is 1.82. The Morgan fingerprint density at radius 3 is 2.25 bits per heavy atom. The molecule has 3 aromatic carbocycles. The molecular formula is C35H40F4O. The first-order valence-corrected chi connectivity index (χ1v) is 14.7. The van der Waals surface area contributed by atoms with Crippen LogP contribution in [-0.4, -0.2) is 6.61 Å². The average molecular weight is 553 g/mol. The van der Waals surface area contributed by atoms with Crippen LogP contribution in [0.5, 0.6) is 5.75 Å². The molecule has 0 amide bonds. The molecule has 0 spiro atoms. The molecule has 0 bridgehead atoms. The Morgan fingerprint density at radius 1 is 0.775 bits per heavy atom. The smallest absolute Gasteiger partial charge is 0.166 e. The maximum atomic E-state index is 14.9. The highest BCUT2D eigenvalue weighted by Gasteiger charge is 2.19. The number of hydrogen-bond donors (Lipinski definition) is 0. The van der Waals surface area contributed by atoms with Crippen LogP contribution in [0, 0.1) is 35.1 Å². The predicted octanol–water partition coefficient (Wildman–Crippen LogP) is 10.2. The van der Waals surface area contributed by atoms with Gasteiger partial charge >= 0.3 is 0 Å². The minimum atomic E-state index is -1.02. The third kappa shape index (κ3) is 7.77. The van der Waals surface area contributed by atoms with Crippen molar-refractivity contribution in [1.29, 1.82) is 0 Å². The van der Waals surface area contributed by atoms with Crippen molar-refractivity contribution < 1.29 is 22.3 Å². The Hall–Kier alpha value is -3.08. The highest BCUT2D eigenvalue weighted by atomic mass is 19.2. The second kappa shape index (κ2) is 14.5. The molecular weight excluding hydrogens is 512 g/mol. The van der Waals surface area contributed by atoms with E-state index in [-0.39, 0.29) is 34.7 Å². The van der Waals surface area contributed by atoms with Gasteiger partial charge in [0, 0.05) is 5.56 Å². The first kappa shape index (κ1) is 29.9. The van der Waals surface area contributed by atoms with E-state index in [1.807, 2.05) is 6.07 Å². The molecule has 0 N–H and O–H groups in total. The van der Waals surface area contributed by atoms with Crippen molar-refractivity contribution in [3.05, 3.63) is 101 Å². The maximum Gasteiger partial charge on any atom is 0.166 e. The zero-order valence-corrected chi connectivity index (χ0v) is 23.6. The largest absolute Gasteiger partial charge is 0.491 e. The molecule has 0 aliphatic heterocycles. The van der Waals surface area contributed by atoms with Crippen molar-refractivity contribution >= 4 is 0 Å². The van der Waals surface area contributed by atoms with E-state index in [1.54, 1.807) is 13.0 Å². The van der Waals surface area contributed by atoms with E-state index in [2.05, 4.69) is 19.1 Å². The predicted molar refractivity (Wildman–Crippen MR) is 155 cm³/mol. The van der Waals surface area contributed by atoms with E-state index >= 15 is 0 Å². The number of allylic oxidation sites excluding steroid dienone is 2. The zero-order chi connectivity index (χ0) is 28.5. The van der Waals surface area contributed by atoms with Crippen molar-refractivity contribution in [1.82, 2.24) is 0 Å². The first-order chi connectivity index (χ1) is 19.4. The van der Waals surface area contributed by atoms with Gasteiger partial charge in [0.2, 0.25) is 0 Å². The van der Waals surface area contributed by atoms with Crippen molar-refractivity contribution in [3.63, 3.8) is 0 Å². The van der Waals surface area contributed by atoms with Crippen LogP contribution in [0.25, 0.3) is 11.1 Å². The molecule has 0 aromatic heterocycles. The monoisotopic (exact) mass is 552 g/mol. The van der Waals surface area contributed by atoms with E-state index in [1.165, 1.54) is 68.9 Å². The minimum absolute atomic E-state index is 0.0168. The van der Waals surface area contributed by atoms with E-state index in [9.17, 15) is 17.6 Å². The van der Waals surface area contributed by atoms with Gasteiger partial charge < -0.3 is 4.74 Å². The molecule has 1 fully saturated rings. The maximum absolute atomic E-state index is 14.9. The van der Waals surface area contributed by atoms with Crippen molar-refractivity contribution in [2.24, 2.45) is 11.8 Å². The lowest BCUT2D eigenvalue weighted by Gasteiger charge is -2.26. The Balaban J connectivity index is 1.30. The quantitative estimate of drug-likeness (QED) is 0.160. The Morgan fingerprint density at radius 2 is 1.55 bits per heavy atom. The van der Waals surface area contributed by atoms with Gasteiger partial charge in [-0.25, -0.2) is 17.6 Å². The van der Waals surface area contributed by atoms with E-state index < -0.39 is 17.5 Å². The van der Waals surface area contributed by atoms with Crippen LogP contribution in [0.1, 0.15) is 75.5 Å². The second-order valence-corrected chi connectivity index (χ2v) is 10.9. The second-order valence-electron chi connectivity index (χ2n) is 10.9. The van der Waals surface area contributed by atoms with Gasteiger partial charge in [-0.05, 0) is 111 Å². The van der Waals surface area contributed by atoms with E-state index in [0.29, 0.717) is 30.9 Å². The van der Waals surface area contributed by atoms with Crippen LogP contribution in [-0.2, 0) is 19.3 Å². The van der Waals surface area contributed by atoms with Crippen LogP contribution in [0.3, 0.4) is 0 Å². The molecule has 1 saturated carbocycles. The van der Waals surface area contributed by atoms with Crippen molar-refractivity contribution in [2.45, 2.75) is 78.1 Å². The van der Waals surface area contributed by atoms with E-state index in [0.717, 1.165) is 24.0 Å². The van der Waals surface area contributed by atoms with Crippen LogP contribution in [0.2, 0.25) is 0 Å². The molecule has 0 unspecified atom stereocenters. The normalized spacial score (nSPS) is 17.4. The van der Waals surface area contributed by atoms with Crippen molar-refractivity contribution in [3.8, 4) is 16.9 Å². The average Bonchev–Trinajstić information content (AvgIpc) is 2.95. The van der Waals surface area contributed by atoms with Crippen LogP contribution in [0.4, 0.5) is 17.6 Å². The summed E-state index contributed by atoms with van der Waals surface area (Å²) >= 11 is 0. The first-order valence-electron chi connectivity index (χ1n) is 14.7. The number of benzene rings is 3. The summed E-state index contributed by atoms with van der Waals surface area (Å²) in [5, 5.41) is 0. The fourth-order valence-electron chi connectivity index (χ4n) is 5.78. The fourth-order valence-corrected chi connectivity index (χ4v) is 5.78. The third-order valence-corrected chi connectivity index (χ3v) is 8.08. The van der Waals surface area contributed by atoms with E-state index in [4.69, 9.17) is 4.74 Å². The third-order valence-electron chi connectivity index (χ3n) is 8.08. The summed E-state index contributed by atoms with van der Waals surface area (Å²) in [6.45, 7) is 4.30. The SMILES string of the molecule is CCCC1CCC(/C=C/CCc2ccc(CCc3ccc(-c4ccc(OCC)c(F)c4)c(F)c3F)cc2F)CC1. The number of halogens is 4. The van der Waals surface area contributed by atoms with Crippen LogP contribution in [0.15, 0.2) is 60.7 Å². The molecule has 0 saturated heterocycles. The molecule has 214 valence electrons. The minimum Gasteiger partial charge on any atom is -0.491 e. The number of hydrogen-bond acceptors (Lipinski definition) is 1. The fraction of sp³-hybridized carbons (Fsp3) is 0.429. The zero-order valence-electron chi connectivity index (χ0n) is 23.6. The summed E-state index contributed by atoms with van der Waals surface area (Å²) in [6, 6.07) is 12.2. The summed E-state index contributed by atoms with van der Waals surface area (Å²) < 4.78 is 63.9. The Bertz CT molecular complexity index is 1290. The van der Waals surface area contributed by atoms with Gasteiger partial charge in [0.25, 0.3) is 0 Å². The molecule has 0 heterocycles. The van der Waals surface area contributed by atoms with Gasteiger partial charge in [0.1, 0.15) is 5.82 Å². The topological polar surface area (TPSA) is 9.23 Å². The molecule has 4 rings (SSSR count). The van der Waals surface area contributed by atoms with Crippen LogP contribution < -0.4 is 4.74 Å². The lowest BCUT2D eigenvalue weighted by molar-refractivity contribution is 0.294. The molecule has 0 radical (unpaired) electrons. The summed E-state index contributed by atoms with van der Waals surface area (Å²) in [5.74, 6) is -1.26. The molecule has 1 aliphatic rings. The lowest BCUT2D eigenvalue weighted by Crippen LogP contribution is -2.12. The molecule has 3 aromatic rings. The van der Waals surface area contributed by atoms with Gasteiger partial charge in [-0.1, -0.05) is 62.2 Å². The molecule has 1 aliphatic carbocycles. The Kier molecular flexibility index (Phi) is 10.9. The Labute approximate surface area is 236 Å². The van der Waals surface area contributed by atoms with Gasteiger partial charge in [0.15, 0.2) is 23.2 Å². The number of ether oxygens (including phenoxy) is 1. The molecule has 5 heteroatoms. The molecule has 0 atom stereocenters.